The molecule has 0 saturated heterocycles. The van der Waals surface area contributed by atoms with E-state index >= 15 is 0 Å². The van der Waals surface area contributed by atoms with Crippen LogP contribution >= 0.6 is 0 Å². The van der Waals surface area contributed by atoms with Crippen molar-refractivity contribution in [2.24, 2.45) is 0 Å². The summed E-state index contributed by atoms with van der Waals surface area (Å²) < 4.78 is 80.4. The predicted molar refractivity (Wildman–Crippen MR) is 68.1 cm³/mol. The summed E-state index contributed by atoms with van der Waals surface area (Å²) >= 11 is 0. The Morgan fingerprint density at radius 1 is 0.864 bits per heavy atom. The van der Waals surface area contributed by atoms with E-state index in [9.17, 15) is 26.3 Å². The first-order valence-electron chi connectivity index (χ1n) is 6.40. The number of hydrogen-bond acceptors (Lipinski definition) is 1. The fourth-order valence-electron chi connectivity index (χ4n) is 2.07. The maximum absolute atomic E-state index is 12.6. The molecule has 0 unspecified atom stereocenters. The van der Waals surface area contributed by atoms with Crippen molar-refractivity contribution in [2.45, 2.75) is 32.1 Å². The summed E-state index contributed by atoms with van der Waals surface area (Å²) in [5, 5.41) is 0. The average molecular weight is 322 g/mol. The largest absolute Gasteiger partial charge is 0.461 e. The van der Waals surface area contributed by atoms with Crippen LogP contribution in [0.2, 0.25) is 0 Å². The molecule has 0 fully saturated rings. The minimum absolute atomic E-state index is 0.0538. The van der Waals surface area contributed by atoms with Crippen molar-refractivity contribution < 1.29 is 31.1 Å². The van der Waals surface area contributed by atoms with Gasteiger partial charge in [0.05, 0.1) is 5.56 Å². The Labute approximate surface area is 122 Å². The van der Waals surface area contributed by atoms with E-state index in [2.05, 4.69) is 0 Å². The van der Waals surface area contributed by atoms with Crippen molar-refractivity contribution >= 4 is 0 Å². The highest BCUT2D eigenvalue weighted by Gasteiger charge is 2.35. The number of rotatable bonds is 2. The molecule has 1 aliphatic rings. The third-order valence-corrected chi connectivity index (χ3v) is 3.24. The normalized spacial score (nSPS) is 16.6. The van der Waals surface area contributed by atoms with E-state index in [1.807, 2.05) is 0 Å². The Kier molecular flexibility index (Phi) is 4.26. The molecule has 1 aromatic rings. The fraction of sp³-hybridized carbons (Fsp3) is 0.333. The zero-order valence-corrected chi connectivity index (χ0v) is 11.5. The van der Waals surface area contributed by atoms with E-state index in [1.54, 1.807) is 0 Å². The summed E-state index contributed by atoms with van der Waals surface area (Å²) in [5.41, 5.74) is -1.13. The molecule has 1 nitrogen and oxygen atoms in total. The monoisotopic (exact) mass is 322 g/mol. The molecule has 0 aliphatic heterocycles. The Morgan fingerprint density at radius 3 is 1.91 bits per heavy atom. The Bertz CT molecular complexity index is 604. The predicted octanol–water partition coefficient (Wildman–Crippen LogP) is 5.64. The molecular formula is C15H12F6O. The number of ether oxygens (including phenoxy) is 1. The van der Waals surface area contributed by atoms with Crippen LogP contribution in [0.25, 0.3) is 0 Å². The van der Waals surface area contributed by atoms with Crippen LogP contribution in [-0.2, 0) is 6.18 Å². The van der Waals surface area contributed by atoms with Gasteiger partial charge >= 0.3 is 12.4 Å². The summed E-state index contributed by atoms with van der Waals surface area (Å²) in [6.45, 7) is 1.48. The summed E-state index contributed by atoms with van der Waals surface area (Å²) in [6, 6.07) is 4.02. The van der Waals surface area contributed by atoms with Gasteiger partial charge in [-0.05, 0) is 49.3 Å². The van der Waals surface area contributed by atoms with Gasteiger partial charge in [0, 0.05) is 12.0 Å². The Hall–Kier alpha value is -1.92. The minimum Gasteiger partial charge on any atom is -0.461 e. The number of halogens is 6. The van der Waals surface area contributed by atoms with Crippen LogP contribution in [0.4, 0.5) is 26.3 Å². The smallest absolute Gasteiger partial charge is 0.416 e. The van der Waals surface area contributed by atoms with Crippen molar-refractivity contribution in [3.05, 3.63) is 52.8 Å². The van der Waals surface area contributed by atoms with Gasteiger partial charge in [-0.15, -0.1) is 0 Å². The van der Waals surface area contributed by atoms with Crippen LogP contribution in [0.1, 0.15) is 25.3 Å². The van der Waals surface area contributed by atoms with Crippen molar-refractivity contribution in [2.75, 3.05) is 0 Å². The minimum atomic E-state index is -4.44. The van der Waals surface area contributed by atoms with Crippen LogP contribution in [-0.4, -0.2) is 6.18 Å². The van der Waals surface area contributed by atoms with Gasteiger partial charge in [0.2, 0.25) is 0 Å². The summed E-state index contributed by atoms with van der Waals surface area (Å²) in [4.78, 5) is 0. The molecule has 0 N–H and O–H groups in total. The van der Waals surface area contributed by atoms with Gasteiger partial charge in [-0.3, -0.25) is 0 Å². The third kappa shape index (κ3) is 3.84. The van der Waals surface area contributed by atoms with E-state index in [0.717, 1.165) is 30.3 Å². The molecule has 0 bridgehead atoms. The molecule has 120 valence electrons. The Balaban J connectivity index is 2.16. The SMILES string of the molecule is CC1=C(Oc2ccc(C(F)(F)F)cc2)CCC(C(F)(F)F)=C1. The van der Waals surface area contributed by atoms with Crippen molar-refractivity contribution in [1.29, 1.82) is 0 Å². The molecule has 22 heavy (non-hydrogen) atoms. The number of benzene rings is 1. The maximum Gasteiger partial charge on any atom is 0.416 e. The fourth-order valence-corrected chi connectivity index (χ4v) is 2.07. The van der Waals surface area contributed by atoms with Gasteiger partial charge in [-0.25, -0.2) is 0 Å². The second-order valence-electron chi connectivity index (χ2n) is 4.90. The summed E-state index contributed by atoms with van der Waals surface area (Å²) in [7, 11) is 0. The number of hydrogen-bond donors (Lipinski definition) is 0. The lowest BCUT2D eigenvalue weighted by atomic mass is 9.98. The second-order valence-corrected chi connectivity index (χ2v) is 4.90. The van der Waals surface area contributed by atoms with Gasteiger partial charge in [0.1, 0.15) is 11.5 Å². The highest BCUT2D eigenvalue weighted by Crippen LogP contribution is 2.36. The topological polar surface area (TPSA) is 9.23 Å². The number of alkyl halides is 6. The van der Waals surface area contributed by atoms with E-state index in [1.165, 1.54) is 6.92 Å². The molecule has 2 rings (SSSR count). The standard InChI is InChI=1S/C15H12F6O/c1-9-8-11(15(19,20)21)4-7-13(9)22-12-5-2-10(3-6-12)14(16,17)18/h2-3,5-6,8H,4,7H2,1H3. The lowest BCUT2D eigenvalue weighted by Crippen LogP contribution is -2.16. The molecule has 7 heteroatoms. The van der Waals surface area contributed by atoms with Crippen molar-refractivity contribution in [1.82, 2.24) is 0 Å². The van der Waals surface area contributed by atoms with E-state index in [0.29, 0.717) is 11.3 Å². The van der Waals surface area contributed by atoms with Crippen LogP contribution in [0.3, 0.4) is 0 Å². The van der Waals surface area contributed by atoms with Gasteiger partial charge in [-0.2, -0.15) is 26.3 Å². The number of allylic oxidation sites excluding steroid dienone is 4. The molecule has 0 atom stereocenters. The highest BCUT2D eigenvalue weighted by atomic mass is 19.4. The van der Waals surface area contributed by atoms with Gasteiger partial charge in [0.25, 0.3) is 0 Å². The van der Waals surface area contributed by atoms with Crippen LogP contribution in [0.15, 0.2) is 47.2 Å². The molecule has 0 spiro atoms. The van der Waals surface area contributed by atoms with Gasteiger partial charge in [-0.1, -0.05) is 0 Å². The average Bonchev–Trinajstić information content (AvgIpc) is 2.39. The zero-order chi connectivity index (χ0) is 16.5. The summed E-state index contributed by atoms with van der Waals surface area (Å²) in [5.74, 6) is 0.485. The van der Waals surface area contributed by atoms with Crippen molar-refractivity contribution in [3.63, 3.8) is 0 Å². The Morgan fingerprint density at radius 2 is 1.45 bits per heavy atom. The molecule has 0 amide bonds. The molecule has 0 radical (unpaired) electrons. The lowest BCUT2D eigenvalue weighted by molar-refractivity contribution is -0.137. The molecule has 1 aromatic carbocycles. The molecule has 0 aromatic heterocycles. The van der Waals surface area contributed by atoms with Crippen LogP contribution < -0.4 is 4.74 Å². The first-order valence-corrected chi connectivity index (χ1v) is 6.40. The van der Waals surface area contributed by atoms with E-state index < -0.39 is 23.5 Å². The lowest BCUT2D eigenvalue weighted by Gasteiger charge is -2.20. The van der Waals surface area contributed by atoms with Gasteiger partial charge in [0.15, 0.2) is 0 Å². The van der Waals surface area contributed by atoms with E-state index in [-0.39, 0.29) is 18.6 Å². The quantitative estimate of drug-likeness (QED) is 0.640. The molecule has 0 saturated carbocycles. The molecular weight excluding hydrogens is 310 g/mol. The summed E-state index contributed by atoms with van der Waals surface area (Å²) in [6.07, 6.45) is -7.97. The van der Waals surface area contributed by atoms with Crippen LogP contribution in [0, 0.1) is 0 Å². The third-order valence-electron chi connectivity index (χ3n) is 3.24. The highest BCUT2D eigenvalue weighted by molar-refractivity contribution is 5.35. The first kappa shape index (κ1) is 16.5. The zero-order valence-electron chi connectivity index (χ0n) is 11.5. The first-order chi connectivity index (χ1) is 10.1. The second kappa shape index (κ2) is 5.70. The maximum atomic E-state index is 12.6. The van der Waals surface area contributed by atoms with Crippen molar-refractivity contribution in [3.8, 4) is 5.75 Å². The van der Waals surface area contributed by atoms with E-state index in [4.69, 9.17) is 4.74 Å². The van der Waals surface area contributed by atoms with Gasteiger partial charge < -0.3 is 4.74 Å². The molecule has 0 heterocycles. The van der Waals surface area contributed by atoms with Crippen LogP contribution in [0.5, 0.6) is 5.75 Å². The molecule has 1 aliphatic carbocycles.